The fraction of sp³-hybridized carbons (Fsp3) is 0.300. The van der Waals surface area contributed by atoms with Gasteiger partial charge in [0.15, 0.2) is 0 Å². The van der Waals surface area contributed by atoms with Gasteiger partial charge in [0.25, 0.3) is 0 Å². The molecule has 4 heteroatoms. The summed E-state index contributed by atoms with van der Waals surface area (Å²) in [4.78, 5) is 10.8. The number of Topliss-reactive ketones (excluding diaryl/α,β-unsaturated/α-hetero) is 1. The maximum atomic E-state index is 11.2. The highest BCUT2D eigenvalue weighted by atomic mass is 79.9. The van der Waals surface area contributed by atoms with Crippen LogP contribution in [0.4, 0.5) is 0 Å². The zero-order valence-corrected chi connectivity index (χ0v) is 10.2. The number of benzene rings is 1. The van der Waals surface area contributed by atoms with Gasteiger partial charge in [0.2, 0.25) is 0 Å². The Morgan fingerprint density at radius 1 is 1.57 bits per heavy atom. The van der Waals surface area contributed by atoms with Crippen LogP contribution in [0.2, 0.25) is 5.02 Å². The molecule has 0 bridgehead atoms. The summed E-state index contributed by atoms with van der Waals surface area (Å²) in [5.41, 5.74) is 0.757. The average molecular weight is 278 g/mol. The minimum atomic E-state index is -0.365. The van der Waals surface area contributed by atoms with Gasteiger partial charge >= 0.3 is 0 Å². The minimum Gasteiger partial charge on any atom is -0.496 e. The number of carbonyl (C=O) groups excluding carboxylic acids is 1. The zero-order chi connectivity index (χ0) is 10.7. The van der Waals surface area contributed by atoms with Gasteiger partial charge in [0.1, 0.15) is 16.4 Å². The van der Waals surface area contributed by atoms with E-state index >= 15 is 0 Å². The number of methoxy groups -OCH3 is 1. The SMILES string of the molecule is COc1ccc(Cl)cc1C(Br)C(C)=O. The van der Waals surface area contributed by atoms with E-state index in [0.717, 1.165) is 5.56 Å². The molecule has 0 spiro atoms. The highest BCUT2D eigenvalue weighted by Gasteiger charge is 2.17. The van der Waals surface area contributed by atoms with Crippen LogP contribution in [0.15, 0.2) is 18.2 Å². The van der Waals surface area contributed by atoms with E-state index < -0.39 is 0 Å². The van der Waals surface area contributed by atoms with Crippen LogP contribution in [0, 0.1) is 0 Å². The van der Waals surface area contributed by atoms with Crippen LogP contribution in [0.25, 0.3) is 0 Å². The molecule has 2 nitrogen and oxygen atoms in total. The highest BCUT2D eigenvalue weighted by molar-refractivity contribution is 9.09. The Hall–Kier alpha value is -0.540. The van der Waals surface area contributed by atoms with Gasteiger partial charge < -0.3 is 4.74 Å². The van der Waals surface area contributed by atoms with Crippen molar-refractivity contribution in [1.29, 1.82) is 0 Å². The normalized spacial score (nSPS) is 12.3. The maximum absolute atomic E-state index is 11.2. The maximum Gasteiger partial charge on any atom is 0.147 e. The fourth-order valence-corrected chi connectivity index (χ4v) is 1.66. The second kappa shape index (κ2) is 4.80. The van der Waals surface area contributed by atoms with Crippen LogP contribution in [0.5, 0.6) is 5.75 Å². The van der Waals surface area contributed by atoms with Crippen molar-refractivity contribution in [2.24, 2.45) is 0 Å². The second-order valence-electron chi connectivity index (χ2n) is 2.86. The Balaban J connectivity index is 3.16. The van der Waals surface area contributed by atoms with E-state index in [1.54, 1.807) is 25.3 Å². The van der Waals surface area contributed by atoms with Crippen molar-refractivity contribution in [2.75, 3.05) is 7.11 Å². The van der Waals surface area contributed by atoms with Crippen LogP contribution in [-0.2, 0) is 4.79 Å². The van der Waals surface area contributed by atoms with Crippen molar-refractivity contribution in [3.8, 4) is 5.75 Å². The van der Waals surface area contributed by atoms with E-state index in [0.29, 0.717) is 10.8 Å². The third-order valence-corrected chi connectivity index (χ3v) is 3.19. The summed E-state index contributed by atoms with van der Waals surface area (Å²) in [7, 11) is 1.56. The van der Waals surface area contributed by atoms with Crippen LogP contribution < -0.4 is 4.74 Å². The van der Waals surface area contributed by atoms with Crippen molar-refractivity contribution in [1.82, 2.24) is 0 Å². The molecule has 0 aromatic heterocycles. The smallest absolute Gasteiger partial charge is 0.147 e. The number of carbonyl (C=O) groups is 1. The molecular weight excluding hydrogens is 267 g/mol. The van der Waals surface area contributed by atoms with Gasteiger partial charge in [-0.05, 0) is 25.1 Å². The first-order valence-electron chi connectivity index (χ1n) is 4.04. The molecule has 0 saturated heterocycles. The lowest BCUT2D eigenvalue weighted by molar-refractivity contribution is -0.116. The first kappa shape index (κ1) is 11.5. The number of halogens is 2. The predicted octanol–water partition coefficient (Wildman–Crippen LogP) is 3.37. The van der Waals surface area contributed by atoms with Crippen molar-refractivity contribution >= 4 is 33.3 Å². The summed E-state index contributed by atoms with van der Waals surface area (Å²) in [5, 5.41) is 0.589. The topological polar surface area (TPSA) is 26.3 Å². The summed E-state index contributed by atoms with van der Waals surface area (Å²) in [6.45, 7) is 1.51. The third-order valence-electron chi connectivity index (χ3n) is 1.82. The van der Waals surface area contributed by atoms with Gasteiger partial charge in [-0.2, -0.15) is 0 Å². The standard InChI is InChI=1S/C10H10BrClO2/c1-6(13)10(11)8-5-7(12)3-4-9(8)14-2/h3-5,10H,1-2H3. The molecule has 76 valence electrons. The summed E-state index contributed by atoms with van der Waals surface area (Å²) >= 11 is 9.12. The van der Waals surface area contributed by atoms with Crippen LogP contribution in [0.1, 0.15) is 17.3 Å². The monoisotopic (exact) mass is 276 g/mol. The number of ether oxygens (including phenoxy) is 1. The molecule has 0 saturated carbocycles. The molecule has 14 heavy (non-hydrogen) atoms. The van der Waals surface area contributed by atoms with Crippen molar-refractivity contribution < 1.29 is 9.53 Å². The zero-order valence-electron chi connectivity index (χ0n) is 7.88. The molecule has 1 aromatic carbocycles. The summed E-state index contributed by atoms with van der Waals surface area (Å²) < 4.78 is 5.13. The van der Waals surface area contributed by atoms with Crippen molar-refractivity contribution in [2.45, 2.75) is 11.8 Å². The molecule has 0 aliphatic rings. The lowest BCUT2D eigenvalue weighted by Gasteiger charge is -2.11. The largest absolute Gasteiger partial charge is 0.496 e. The molecule has 1 aromatic rings. The van der Waals surface area contributed by atoms with E-state index in [-0.39, 0.29) is 10.6 Å². The molecule has 1 rings (SSSR count). The molecule has 1 unspecified atom stereocenters. The minimum absolute atomic E-state index is 0.0190. The Morgan fingerprint density at radius 2 is 2.21 bits per heavy atom. The first-order valence-corrected chi connectivity index (χ1v) is 5.33. The number of hydrogen-bond donors (Lipinski definition) is 0. The van der Waals surface area contributed by atoms with E-state index in [2.05, 4.69) is 15.9 Å². The van der Waals surface area contributed by atoms with E-state index in [1.807, 2.05) is 0 Å². The molecule has 0 radical (unpaired) electrons. The van der Waals surface area contributed by atoms with Gasteiger partial charge in [-0.25, -0.2) is 0 Å². The van der Waals surface area contributed by atoms with Gasteiger partial charge in [-0.15, -0.1) is 0 Å². The second-order valence-corrected chi connectivity index (χ2v) is 4.21. The van der Waals surface area contributed by atoms with Crippen molar-refractivity contribution in [3.05, 3.63) is 28.8 Å². The number of alkyl halides is 1. The first-order chi connectivity index (χ1) is 6.56. The van der Waals surface area contributed by atoms with Gasteiger partial charge in [0, 0.05) is 10.6 Å². The molecule has 0 amide bonds. The van der Waals surface area contributed by atoms with E-state index in [9.17, 15) is 4.79 Å². The Kier molecular flexibility index (Phi) is 3.96. The summed E-state index contributed by atoms with van der Waals surface area (Å²) in [6.07, 6.45) is 0. The Labute approximate surface area is 96.3 Å². The molecular formula is C10H10BrClO2. The van der Waals surface area contributed by atoms with E-state index in [4.69, 9.17) is 16.3 Å². The summed E-state index contributed by atoms with van der Waals surface area (Å²) in [6, 6.07) is 5.19. The van der Waals surface area contributed by atoms with Crippen LogP contribution in [0.3, 0.4) is 0 Å². The number of hydrogen-bond acceptors (Lipinski definition) is 2. The third kappa shape index (κ3) is 2.49. The summed E-state index contributed by atoms with van der Waals surface area (Å²) in [5.74, 6) is 0.678. The molecule has 0 fully saturated rings. The van der Waals surface area contributed by atoms with Gasteiger partial charge in [0.05, 0.1) is 7.11 Å². The number of ketones is 1. The molecule has 0 N–H and O–H groups in total. The van der Waals surface area contributed by atoms with Gasteiger partial charge in [-0.1, -0.05) is 27.5 Å². The molecule has 1 atom stereocenters. The van der Waals surface area contributed by atoms with E-state index in [1.165, 1.54) is 6.92 Å². The quantitative estimate of drug-likeness (QED) is 0.792. The Morgan fingerprint density at radius 3 is 2.71 bits per heavy atom. The fourth-order valence-electron chi connectivity index (χ4n) is 1.12. The number of rotatable bonds is 3. The predicted molar refractivity (Wildman–Crippen MR) is 60.4 cm³/mol. The Bertz CT molecular complexity index is 352. The lowest BCUT2D eigenvalue weighted by Crippen LogP contribution is -2.03. The molecule has 0 aliphatic heterocycles. The van der Waals surface area contributed by atoms with Crippen LogP contribution >= 0.6 is 27.5 Å². The highest BCUT2D eigenvalue weighted by Crippen LogP contribution is 2.33. The lowest BCUT2D eigenvalue weighted by atomic mass is 10.1. The molecule has 0 heterocycles. The van der Waals surface area contributed by atoms with Crippen molar-refractivity contribution in [3.63, 3.8) is 0 Å². The average Bonchev–Trinajstić information content (AvgIpc) is 2.16. The molecule has 0 aliphatic carbocycles. The van der Waals surface area contributed by atoms with Gasteiger partial charge in [-0.3, -0.25) is 4.79 Å². The van der Waals surface area contributed by atoms with Crippen LogP contribution in [-0.4, -0.2) is 12.9 Å².